The molecular weight excluding hydrogens is 1270 g/mol. The Morgan fingerprint density at radius 2 is 1.19 bits per heavy atom. The number of tetrazole rings is 1. The topological polar surface area (TPSA) is 411 Å². The van der Waals surface area contributed by atoms with Crippen LogP contribution in [0.1, 0.15) is 240 Å². The molecule has 0 aliphatic carbocycles. The maximum atomic E-state index is 10.8. The number of H-pyrrole nitrogens is 7. The van der Waals surface area contributed by atoms with Gasteiger partial charge in [-0.25, -0.2) is 39.2 Å². The highest BCUT2D eigenvalue weighted by atomic mass is 32.2. The third kappa shape index (κ3) is 36.0. The summed E-state index contributed by atoms with van der Waals surface area (Å²) in [6.45, 7) is 55.4. The van der Waals surface area contributed by atoms with Gasteiger partial charge in [-0.05, 0) is 35.8 Å². The summed E-state index contributed by atoms with van der Waals surface area (Å²) in [5.41, 5.74) is 17.3. The van der Waals surface area contributed by atoms with Crippen molar-refractivity contribution in [2.75, 3.05) is 11.5 Å². The fourth-order valence-electron chi connectivity index (χ4n) is 5.99. The molecule has 1 aliphatic heterocycles. The number of nitrogen functional groups attached to an aromatic ring is 2. The molecule has 0 bridgehead atoms. The lowest BCUT2D eigenvalue weighted by Gasteiger charge is -2.17. The van der Waals surface area contributed by atoms with Crippen molar-refractivity contribution in [2.45, 2.75) is 239 Å². The van der Waals surface area contributed by atoms with Gasteiger partial charge in [0, 0.05) is 89.8 Å². The summed E-state index contributed by atoms with van der Waals surface area (Å²) >= 11 is 6.00. The van der Waals surface area contributed by atoms with E-state index in [-0.39, 0.29) is 72.3 Å². The minimum Gasteiger partial charge on any atom is -0.384 e. The first kappa shape index (κ1) is 85.7. The van der Waals surface area contributed by atoms with Crippen LogP contribution >= 0.6 is 34.9 Å². The number of amidine groups is 1. The van der Waals surface area contributed by atoms with Gasteiger partial charge in [0.15, 0.2) is 16.8 Å². The summed E-state index contributed by atoms with van der Waals surface area (Å²) in [4.78, 5) is 66.5. The predicted molar refractivity (Wildman–Crippen MR) is 379 cm³/mol. The molecule has 9 rings (SSSR count). The maximum absolute atomic E-state index is 10.8. The van der Waals surface area contributed by atoms with Gasteiger partial charge in [-0.2, -0.15) is 14.7 Å². The molecule has 1 aliphatic rings. The lowest BCUT2D eigenvalue weighted by molar-refractivity contribution is 0.291. The van der Waals surface area contributed by atoms with Crippen molar-refractivity contribution in [3.8, 4) is 0 Å². The molecule has 12 N–H and O–H groups in total. The zero-order valence-electron chi connectivity index (χ0n) is 58.9. The van der Waals surface area contributed by atoms with E-state index in [9.17, 15) is 23.4 Å². The van der Waals surface area contributed by atoms with Crippen molar-refractivity contribution in [1.82, 2.24) is 81.5 Å². The highest BCUT2D eigenvalue weighted by molar-refractivity contribution is 7.79. The SMILES string of the molecule is C.CC(C)(C)C1=NS(=O)ON1.CC(C)(C)Cc1nn[nH]n1.CC(C)(C)c1cc(=O)[nH]o1.CC(C)(C)c1cccc(N)n1.CC(C)(C)c1ccnc(=O)[nH]1.CC(C)(C)c1csc(=O)[nH]1.CC(C)(C)c1csc(N)n1.CC(C)(C)c1nc(=S)[nH][nH]1.CC(C)(C)c1noc(=O)[nH]1. The first-order chi connectivity index (χ1) is 41.6. The fourth-order valence-corrected chi connectivity index (χ4v) is 8.38. The second-order valence-electron chi connectivity index (χ2n) is 30.3. The minimum atomic E-state index is -1.52. The largest absolute Gasteiger partial charge is 0.438 e. The van der Waals surface area contributed by atoms with Gasteiger partial charge in [-0.1, -0.05) is 222 Å². The van der Waals surface area contributed by atoms with Crippen LogP contribution in [0.2, 0.25) is 0 Å². The molecule has 0 aromatic carbocycles. The molecular formula is C62H107N19O8S4. The van der Waals surface area contributed by atoms with Crippen molar-refractivity contribution < 1.29 is 17.5 Å². The van der Waals surface area contributed by atoms with E-state index >= 15 is 0 Å². The first-order valence-corrected chi connectivity index (χ1v) is 32.5. The number of nitrogens with two attached hydrogens (primary N) is 2. The molecule has 0 spiro atoms. The quantitative estimate of drug-likeness (QED) is 0.0682. The normalized spacial score (nSPS) is 13.2. The highest BCUT2D eigenvalue weighted by Gasteiger charge is 2.26. The van der Waals surface area contributed by atoms with Crippen LogP contribution in [0.15, 0.2) is 79.9 Å². The smallest absolute Gasteiger partial charge is 0.384 e. The van der Waals surface area contributed by atoms with Gasteiger partial charge >= 0.3 is 27.6 Å². The number of nitrogens with one attached hydrogen (secondary N) is 8. The number of thiazole rings is 2. The third-order valence-electron chi connectivity index (χ3n) is 11.4. The molecule has 8 aromatic heterocycles. The van der Waals surface area contributed by atoms with E-state index in [1.54, 1.807) is 6.07 Å². The molecule has 0 radical (unpaired) electrons. The number of pyridine rings is 1. The number of nitrogens with zero attached hydrogens (tertiary/aromatic N) is 9. The van der Waals surface area contributed by atoms with Gasteiger partial charge in [0.05, 0.1) is 5.69 Å². The van der Waals surface area contributed by atoms with Crippen LogP contribution in [0.4, 0.5) is 10.9 Å². The lowest BCUT2D eigenvalue weighted by Crippen LogP contribution is -2.30. The van der Waals surface area contributed by atoms with Crippen LogP contribution in [0.25, 0.3) is 0 Å². The monoisotopic (exact) mass is 1370 g/mol. The van der Waals surface area contributed by atoms with Crippen LogP contribution < -0.4 is 38.8 Å². The zero-order chi connectivity index (χ0) is 71.2. The Morgan fingerprint density at radius 3 is 1.45 bits per heavy atom. The molecule has 0 saturated carbocycles. The number of aromatic amines is 7. The average Bonchev–Trinajstić information content (AvgIpc) is 1.71. The van der Waals surface area contributed by atoms with Crippen molar-refractivity contribution in [1.29, 1.82) is 0 Å². The van der Waals surface area contributed by atoms with E-state index in [0.29, 0.717) is 33.1 Å². The minimum absolute atomic E-state index is 0. The van der Waals surface area contributed by atoms with Crippen molar-refractivity contribution in [2.24, 2.45) is 15.2 Å². The number of anilines is 2. The summed E-state index contributed by atoms with van der Waals surface area (Å²) in [6.07, 6.45) is 2.39. The van der Waals surface area contributed by atoms with Gasteiger partial charge in [-0.3, -0.25) is 29.3 Å². The standard InChI is InChI=1S/C9H14N2.C8H12N2O.C7H12N2S.C7H11NO2.C7H11NOS.C6H12N4.C6H11N3S.C6H10N2O2.C5H10N2O2S.CH4/c1-9(2,3)7-5-4-6-8(10)11-7;1-8(2,3)6-4-5-9-7(11)10-6;1-7(2,3)5-4-10-6(8)9-5;1-7(2,3)5-4-6(9)8-10-5;1-7(2,3)5-4-10-6(9)8-5;1-6(2,3)4-5-7-9-10-8-5;1-6(2,3)4-7-5(10)9-8-4;1-6(2,3)4-7-5(9)10-8-4;1-5(2,3)4-6-9-10(8)7-4;/h4-6H,1-3H3,(H2,10,11);4-5H,1-3H3,(H,9,10,11);4H,1-3H3,(H2,8,9);2*4H,1-3H3,(H,8,9);4H2,1-3H3,(H,7,8,9,10);1-3H3,(H2,7,8,9,10);1-3H3,(H,7,8,9);1-3H3,(H,6,7);1H4. The van der Waals surface area contributed by atoms with Crippen molar-refractivity contribution >= 4 is 62.9 Å². The molecule has 31 heteroatoms. The van der Waals surface area contributed by atoms with Crippen LogP contribution in [0, 0.1) is 15.6 Å². The zero-order valence-corrected chi connectivity index (χ0v) is 62.2. The Bertz CT molecular complexity index is 3540. The molecule has 9 heterocycles. The fraction of sp³-hybridized carbons (Fsp3) is 0.613. The van der Waals surface area contributed by atoms with E-state index in [1.807, 2.05) is 112 Å². The lowest BCUT2D eigenvalue weighted by atomic mass is 9.92. The summed E-state index contributed by atoms with van der Waals surface area (Å²) in [6, 6.07) is 9.02. The van der Waals surface area contributed by atoms with Gasteiger partial charge in [-0.15, -0.1) is 25.9 Å². The van der Waals surface area contributed by atoms with Gasteiger partial charge < -0.3 is 26.0 Å². The Morgan fingerprint density at radius 1 is 0.613 bits per heavy atom. The molecule has 27 nitrogen and oxygen atoms in total. The van der Waals surface area contributed by atoms with Gasteiger partial charge in [0.1, 0.15) is 23.2 Å². The van der Waals surface area contributed by atoms with Crippen LogP contribution in [0.3, 0.4) is 0 Å². The van der Waals surface area contributed by atoms with E-state index in [1.165, 1.54) is 34.9 Å². The van der Waals surface area contributed by atoms with Gasteiger partial charge in [0.25, 0.3) is 5.56 Å². The number of aromatic nitrogens is 15. The second kappa shape index (κ2) is 35.8. The molecule has 0 saturated heterocycles. The van der Waals surface area contributed by atoms with Crippen molar-refractivity contribution in [3.05, 3.63) is 139 Å². The maximum Gasteiger partial charge on any atom is 0.438 e. The van der Waals surface area contributed by atoms with E-state index in [2.05, 4.69) is 199 Å². The predicted octanol–water partition coefficient (Wildman–Crippen LogP) is 12.4. The molecule has 93 heavy (non-hydrogen) atoms. The summed E-state index contributed by atoms with van der Waals surface area (Å²) < 4.78 is 28.5. The summed E-state index contributed by atoms with van der Waals surface area (Å²) in [5.74, 6) is 3.69. The van der Waals surface area contributed by atoms with E-state index in [0.717, 1.165) is 40.8 Å². The van der Waals surface area contributed by atoms with Crippen molar-refractivity contribution in [3.63, 3.8) is 0 Å². The number of hydroxylamine groups is 1. The molecule has 8 aromatic rings. The van der Waals surface area contributed by atoms with Crippen LogP contribution in [-0.2, 0) is 59.9 Å². The molecule has 1 unspecified atom stereocenters. The number of rotatable bonds is 1. The Labute approximate surface area is 563 Å². The number of hydrogen-bond donors (Lipinski definition) is 10. The molecule has 522 valence electrons. The van der Waals surface area contributed by atoms with E-state index in [4.69, 9.17) is 28.2 Å². The molecule has 0 fully saturated rings. The number of hydrogen-bond acceptors (Lipinski definition) is 22. The third-order valence-corrected chi connectivity index (χ3v) is 13.5. The van der Waals surface area contributed by atoms with Gasteiger partial charge in [0.2, 0.25) is 4.77 Å². The second-order valence-corrected chi connectivity index (χ2v) is 33.2. The Hall–Kier alpha value is -7.35. The highest BCUT2D eigenvalue weighted by Crippen LogP contribution is 2.26. The Balaban J connectivity index is 0.00000102. The molecule has 0 amide bonds. The Kier molecular flexibility index (Phi) is 33.0. The average molecular weight is 1370 g/mol. The summed E-state index contributed by atoms with van der Waals surface area (Å²) in [7, 11) is 0. The summed E-state index contributed by atoms with van der Waals surface area (Å²) in [5, 5.41) is 29.6. The van der Waals surface area contributed by atoms with Crippen LogP contribution in [-0.4, -0.2) is 86.1 Å². The first-order valence-electron chi connectivity index (χ1n) is 29.3. The van der Waals surface area contributed by atoms with E-state index < -0.39 is 17.0 Å². The van der Waals surface area contributed by atoms with Crippen LogP contribution in [0.5, 0.6) is 0 Å². The molecule has 1 atom stereocenters.